The van der Waals surface area contributed by atoms with Crippen LogP contribution in [-0.4, -0.2) is 0 Å². The summed E-state index contributed by atoms with van der Waals surface area (Å²) >= 11 is 0. The smallest absolute Gasteiger partial charge is 0.875 e. The van der Waals surface area contributed by atoms with Gasteiger partial charge in [-0.15, -0.1) is 5.76 Å². The third-order valence-corrected chi connectivity index (χ3v) is 3.13. The van der Waals surface area contributed by atoms with E-state index in [0.29, 0.717) is 5.41 Å². The molecule has 0 aliphatic heterocycles. The molecule has 1 nitrogen and oxygen atoms in total. The van der Waals surface area contributed by atoms with E-state index < -0.39 is 0 Å². The van der Waals surface area contributed by atoms with Crippen molar-refractivity contribution in [3.05, 3.63) is 65.5 Å². The summed E-state index contributed by atoms with van der Waals surface area (Å²) in [5.41, 5.74) is 2.30. The second-order valence-corrected chi connectivity index (χ2v) is 7.18. The molecular weight excluding hydrogens is 300 g/mol. The van der Waals surface area contributed by atoms with Crippen LogP contribution in [0.4, 0.5) is 0 Å². The average molecular weight is 326 g/mol. The van der Waals surface area contributed by atoms with Crippen molar-refractivity contribution in [3.63, 3.8) is 0 Å². The monoisotopic (exact) mass is 326 g/mol. The van der Waals surface area contributed by atoms with Gasteiger partial charge in [0, 0.05) is 0 Å². The van der Waals surface area contributed by atoms with Gasteiger partial charge in [0.1, 0.15) is 0 Å². The minimum absolute atomic E-state index is 0. The van der Waals surface area contributed by atoms with Crippen molar-refractivity contribution in [2.75, 3.05) is 0 Å². The summed E-state index contributed by atoms with van der Waals surface area (Å²) in [5.74, 6) is 0.211. The molecule has 0 radical (unpaired) electrons. The summed E-state index contributed by atoms with van der Waals surface area (Å²) in [7, 11) is 0. The third kappa shape index (κ3) is 6.46. The van der Waals surface area contributed by atoms with Gasteiger partial charge in [0.25, 0.3) is 0 Å². The summed E-state index contributed by atoms with van der Waals surface area (Å²) in [6.45, 7) is 12.5. The molecule has 1 aromatic carbocycles. The Kier molecular flexibility index (Phi) is 7.36. The van der Waals surface area contributed by atoms with Crippen molar-refractivity contribution >= 4 is 0 Å². The molecule has 1 aliphatic rings. The second-order valence-electron chi connectivity index (χ2n) is 7.18. The topological polar surface area (TPSA) is 23.1 Å². The molecule has 0 unspecified atom stereocenters. The van der Waals surface area contributed by atoms with Crippen molar-refractivity contribution in [2.45, 2.75) is 47.0 Å². The molecule has 0 aromatic heterocycles. The number of rotatable bonds is 0. The Morgan fingerprint density at radius 3 is 1.81 bits per heavy atom. The van der Waals surface area contributed by atoms with Gasteiger partial charge in [-0.1, -0.05) is 65.8 Å². The summed E-state index contributed by atoms with van der Waals surface area (Å²) in [4.78, 5) is 0. The molecule has 0 heterocycles. The Morgan fingerprint density at radius 2 is 1.52 bits per heavy atom. The van der Waals surface area contributed by atoms with Gasteiger partial charge in [-0.3, -0.25) is 0 Å². The van der Waals surface area contributed by atoms with E-state index in [0.717, 1.165) is 5.57 Å². The minimum atomic E-state index is -0.256. The zero-order valence-electron chi connectivity index (χ0n) is 13.9. The number of allylic oxidation sites excluding steroid dienone is 6. The standard InChI is InChI=1S/C10H14O.C9H13.Fe/c1-10(2,3)9(11)8-6-4-5-7-8;1-9(2,3)8-6-4-5-7-8;/h4-7,11H,1-3H3;4-7H,1-3H3;/q;-1;+2/p-1. The molecule has 0 saturated carbocycles. The van der Waals surface area contributed by atoms with Crippen LogP contribution in [0.5, 0.6) is 0 Å². The van der Waals surface area contributed by atoms with Gasteiger partial charge in [-0.25, -0.2) is 12.1 Å². The van der Waals surface area contributed by atoms with Crippen LogP contribution in [0, 0.1) is 5.41 Å². The van der Waals surface area contributed by atoms with Gasteiger partial charge in [-0.2, -0.15) is 17.7 Å². The van der Waals surface area contributed by atoms with E-state index in [-0.39, 0.29) is 28.2 Å². The Labute approximate surface area is 140 Å². The maximum atomic E-state index is 11.5. The van der Waals surface area contributed by atoms with Gasteiger partial charge < -0.3 is 5.11 Å². The van der Waals surface area contributed by atoms with Crippen LogP contribution in [0.25, 0.3) is 0 Å². The maximum Gasteiger partial charge on any atom is 2.00 e. The average Bonchev–Trinajstić information content (AvgIpc) is 3.00. The zero-order valence-corrected chi connectivity index (χ0v) is 15.0. The van der Waals surface area contributed by atoms with Crippen molar-refractivity contribution in [3.8, 4) is 0 Å². The summed E-state index contributed by atoms with van der Waals surface area (Å²) in [5, 5.41) is 11.5. The first-order valence-corrected chi connectivity index (χ1v) is 7.11. The molecule has 2 rings (SSSR count). The largest absolute Gasteiger partial charge is 2.00 e. The van der Waals surface area contributed by atoms with Gasteiger partial charge in [0.2, 0.25) is 0 Å². The normalized spacial score (nSPS) is 13.5. The quantitative estimate of drug-likeness (QED) is 0.392. The molecule has 0 saturated heterocycles. The van der Waals surface area contributed by atoms with Crippen molar-refractivity contribution < 1.29 is 22.2 Å². The summed E-state index contributed by atoms with van der Waals surface area (Å²) in [6, 6.07) is 8.50. The van der Waals surface area contributed by atoms with Crippen molar-refractivity contribution in [1.29, 1.82) is 0 Å². The van der Waals surface area contributed by atoms with Gasteiger partial charge >= 0.3 is 17.1 Å². The minimum Gasteiger partial charge on any atom is -0.875 e. The molecular formula is C19H26FeO. The van der Waals surface area contributed by atoms with Crippen LogP contribution in [0.2, 0.25) is 0 Å². The molecule has 0 atom stereocenters. The summed E-state index contributed by atoms with van der Waals surface area (Å²) in [6.07, 6.45) is 7.49. The molecule has 1 aromatic rings. The van der Waals surface area contributed by atoms with E-state index in [1.807, 2.05) is 45.1 Å². The zero-order chi connectivity index (χ0) is 15.4. The van der Waals surface area contributed by atoms with E-state index in [1.165, 1.54) is 5.56 Å². The van der Waals surface area contributed by atoms with Gasteiger partial charge in [-0.05, 0) is 16.4 Å². The van der Waals surface area contributed by atoms with Crippen LogP contribution < -0.4 is 5.11 Å². The molecule has 0 fully saturated rings. The predicted molar refractivity (Wildman–Crippen MR) is 85.5 cm³/mol. The van der Waals surface area contributed by atoms with Crippen LogP contribution in [0.3, 0.4) is 0 Å². The third-order valence-electron chi connectivity index (χ3n) is 3.13. The van der Waals surface area contributed by atoms with E-state index in [9.17, 15) is 5.11 Å². The fourth-order valence-electron chi connectivity index (χ4n) is 1.83. The molecule has 2 heteroatoms. The SMILES string of the molecule is CC(C)(C)C([O-])=C1C=CC=C1.CC(C)(C)c1ccc[cH-]1.[Fe+2]. The molecule has 0 N–H and O–H groups in total. The Morgan fingerprint density at radius 1 is 1.00 bits per heavy atom. The predicted octanol–water partition coefficient (Wildman–Crippen LogP) is 4.47. The molecule has 0 bridgehead atoms. The fourth-order valence-corrected chi connectivity index (χ4v) is 1.83. The van der Waals surface area contributed by atoms with Gasteiger partial charge in [0.15, 0.2) is 0 Å². The van der Waals surface area contributed by atoms with Crippen LogP contribution in [0.15, 0.2) is 59.9 Å². The maximum absolute atomic E-state index is 11.5. The van der Waals surface area contributed by atoms with Crippen LogP contribution >= 0.6 is 0 Å². The van der Waals surface area contributed by atoms with E-state index in [4.69, 9.17) is 0 Å². The van der Waals surface area contributed by atoms with Crippen molar-refractivity contribution in [1.82, 2.24) is 0 Å². The van der Waals surface area contributed by atoms with Crippen molar-refractivity contribution in [2.24, 2.45) is 5.41 Å². The number of hydrogen-bond donors (Lipinski definition) is 0. The van der Waals surface area contributed by atoms with E-state index in [1.54, 1.807) is 0 Å². The Bertz CT molecular complexity index is 489. The van der Waals surface area contributed by atoms with Crippen LogP contribution in [0.1, 0.15) is 47.1 Å². The molecule has 0 amide bonds. The molecule has 116 valence electrons. The molecule has 21 heavy (non-hydrogen) atoms. The first-order chi connectivity index (χ1) is 9.12. The molecule has 1 aliphatic carbocycles. The van der Waals surface area contributed by atoms with Gasteiger partial charge in [0.05, 0.1) is 0 Å². The van der Waals surface area contributed by atoms with Crippen LogP contribution in [-0.2, 0) is 22.5 Å². The van der Waals surface area contributed by atoms with E-state index >= 15 is 0 Å². The Balaban J connectivity index is 0.000000370. The fraction of sp³-hybridized carbons (Fsp3) is 0.421. The summed E-state index contributed by atoms with van der Waals surface area (Å²) < 4.78 is 0. The Hall–Kier alpha value is -1.11. The number of hydrogen-bond acceptors (Lipinski definition) is 1. The second kappa shape index (κ2) is 7.77. The van der Waals surface area contributed by atoms with E-state index in [2.05, 4.69) is 45.0 Å². The first kappa shape index (κ1) is 19.9. The molecule has 0 spiro atoms. The first-order valence-electron chi connectivity index (χ1n) is 7.11.